The molecule has 2 fully saturated rings. The summed E-state index contributed by atoms with van der Waals surface area (Å²) in [5.74, 6) is 0.452. The lowest BCUT2D eigenvalue weighted by atomic mass is 9.89. The minimum absolute atomic E-state index is 0.0723. The van der Waals surface area contributed by atoms with E-state index in [1.807, 2.05) is 6.07 Å². The van der Waals surface area contributed by atoms with Gasteiger partial charge in [0.25, 0.3) is 6.43 Å². The van der Waals surface area contributed by atoms with Crippen molar-refractivity contribution in [3.8, 4) is 5.88 Å². The first kappa shape index (κ1) is 26.9. The predicted octanol–water partition coefficient (Wildman–Crippen LogP) is 4.88. The topological polar surface area (TPSA) is 102 Å². The number of piperidine rings is 1. The molecule has 5 rings (SSSR count). The van der Waals surface area contributed by atoms with E-state index in [1.165, 1.54) is 12.1 Å². The Morgan fingerprint density at radius 2 is 1.87 bits per heavy atom. The van der Waals surface area contributed by atoms with Crippen LogP contribution < -0.4 is 15.4 Å². The highest BCUT2D eigenvalue weighted by atomic mass is 19.3. The van der Waals surface area contributed by atoms with E-state index in [0.29, 0.717) is 54.9 Å². The number of carbonyl (C=O) groups is 1. The quantitative estimate of drug-likeness (QED) is 0.437. The Hall–Kier alpha value is -3.67. The number of amides is 2. The van der Waals surface area contributed by atoms with Crippen LogP contribution in [-0.4, -0.2) is 65.3 Å². The summed E-state index contributed by atoms with van der Waals surface area (Å²) in [5.41, 5.74) is 0.739. The minimum Gasteiger partial charge on any atom is -0.481 e. The van der Waals surface area contributed by atoms with Crippen LogP contribution in [0, 0.1) is 12.7 Å². The maximum absolute atomic E-state index is 14.8. The van der Waals surface area contributed by atoms with Gasteiger partial charge >= 0.3 is 6.03 Å². The molecule has 2 aliphatic heterocycles. The number of urea groups is 1. The Balaban J connectivity index is 1.41. The molecule has 0 aliphatic carbocycles. The van der Waals surface area contributed by atoms with Gasteiger partial charge in [0.05, 0.1) is 43.4 Å². The standard InChI is InChI=1S/C27H31F3N6O3/c1-14(18-5-4-6-19(22(18)28)23(29)30)31-24-21-11-20(26(38-3)35-25(21)33-15(2)32-24)16-7-9-36(10-8-16)27(37)34-17-12-39-13-17/h4-6,11,14,16-17,23H,7-10,12-13H2,1-3H3,(H,34,37)(H,31,32,33,35)/t14-/m1/s1. The van der Waals surface area contributed by atoms with Gasteiger partial charge in [0, 0.05) is 24.2 Å². The van der Waals surface area contributed by atoms with E-state index in [-0.39, 0.29) is 23.6 Å². The van der Waals surface area contributed by atoms with Gasteiger partial charge in [0.2, 0.25) is 5.88 Å². The molecular formula is C27H31F3N6O3. The van der Waals surface area contributed by atoms with Crippen molar-refractivity contribution in [1.82, 2.24) is 25.2 Å². The number of pyridine rings is 1. The Bertz CT molecular complexity index is 1360. The molecule has 2 aromatic heterocycles. The number of ether oxygens (including phenoxy) is 2. The molecule has 4 heterocycles. The average Bonchev–Trinajstić information content (AvgIpc) is 2.89. The van der Waals surface area contributed by atoms with Gasteiger partial charge in [-0.1, -0.05) is 18.2 Å². The van der Waals surface area contributed by atoms with Crippen LogP contribution in [-0.2, 0) is 4.74 Å². The van der Waals surface area contributed by atoms with Crippen molar-refractivity contribution in [3.63, 3.8) is 0 Å². The molecule has 208 valence electrons. The van der Waals surface area contributed by atoms with Gasteiger partial charge in [-0.25, -0.2) is 27.9 Å². The van der Waals surface area contributed by atoms with E-state index < -0.39 is 23.8 Å². The third-order valence-electron chi connectivity index (χ3n) is 7.29. The fourth-order valence-corrected chi connectivity index (χ4v) is 5.06. The first-order valence-corrected chi connectivity index (χ1v) is 12.9. The van der Waals surface area contributed by atoms with Crippen molar-refractivity contribution in [2.75, 3.05) is 38.7 Å². The first-order valence-electron chi connectivity index (χ1n) is 12.9. The van der Waals surface area contributed by atoms with Crippen LogP contribution in [0.2, 0.25) is 0 Å². The molecule has 1 atom stereocenters. The van der Waals surface area contributed by atoms with Crippen molar-refractivity contribution in [2.24, 2.45) is 0 Å². The number of nitrogens with one attached hydrogen (secondary N) is 2. The molecule has 2 N–H and O–H groups in total. The molecule has 0 bridgehead atoms. The molecule has 9 nitrogen and oxygen atoms in total. The number of hydrogen-bond donors (Lipinski definition) is 2. The molecule has 0 spiro atoms. The van der Waals surface area contributed by atoms with Crippen molar-refractivity contribution in [3.05, 3.63) is 52.6 Å². The number of hydrogen-bond acceptors (Lipinski definition) is 7. The fourth-order valence-electron chi connectivity index (χ4n) is 5.06. The van der Waals surface area contributed by atoms with Crippen molar-refractivity contribution < 1.29 is 27.4 Å². The van der Waals surface area contributed by atoms with Crippen LogP contribution in [0.5, 0.6) is 5.88 Å². The second kappa shape index (κ2) is 11.2. The van der Waals surface area contributed by atoms with Crippen LogP contribution in [0.1, 0.15) is 60.7 Å². The van der Waals surface area contributed by atoms with E-state index in [2.05, 4.69) is 25.6 Å². The number of alkyl halides is 2. The van der Waals surface area contributed by atoms with Crippen LogP contribution in [0.25, 0.3) is 11.0 Å². The molecule has 3 aromatic rings. The van der Waals surface area contributed by atoms with Crippen molar-refractivity contribution in [1.29, 1.82) is 0 Å². The molecule has 12 heteroatoms. The third kappa shape index (κ3) is 5.56. The third-order valence-corrected chi connectivity index (χ3v) is 7.29. The number of methoxy groups -OCH3 is 1. The number of benzene rings is 1. The summed E-state index contributed by atoms with van der Waals surface area (Å²) in [5, 5.41) is 6.77. The maximum Gasteiger partial charge on any atom is 0.317 e. The van der Waals surface area contributed by atoms with Crippen LogP contribution >= 0.6 is 0 Å². The zero-order chi connectivity index (χ0) is 27.7. The average molecular weight is 545 g/mol. The number of aromatic nitrogens is 3. The van der Waals surface area contributed by atoms with Crippen LogP contribution in [0.4, 0.5) is 23.8 Å². The lowest BCUT2D eigenvalue weighted by Crippen LogP contribution is -2.54. The van der Waals surface area contributed by atoms with Gasteiger partial charge in [0.1, 0.15) is 17.5 Å². The molecule has 1 aromatic carbocycles. The molecule has 2 amide bonds. The molecule has 39 heavy (non-hydrogen) atoms. The highest BCUT2D eigenvalue weighted by molar-refractivity contribution is 5.88. The Morgan fingerprint density at radius 3 is 2.51 bits per heavy atom. The molecule has 0 saturated carbocycles. The molecule has 2 aliphatic rings. The number of nitrogens with zero attached hydrogens (tertiary/aromatic N) is 4. The summed E-state index contributed by atoms with van der Waals surface area (Å²) in [6.45, 7) is 5.65. The highest BCUT2D eigenvalue weighted by Crippen LogP contribution is 2.37. The lowest BCUT2D eigenvalue weighted by molar-refractivity contribution is -0.00239. The van der Waals surface area contributed by atoms with Gasteiger partial charge in [0.15, 0.2) is 5.65 Å². The van der Waals surface area contributed by atoms with E-state index in [1.54, 1.807) is 25.9 Å². The van der Waals surface area contributed by atoms with Crippen LogP contribution in [0.15, 0.2) is 24.3 Å². The smallest absolute Gasteiger partial charge is 0.317 e. The van der Waals surface area contributed by atoms with Crippen molar-refractivity contribution in [2.45, 2.75) is 51.1 Å². The normalized spacial score (nSPS) is 17.3. The van der Waals surface area contributed by atoms with Gasteiger partial charge in [-0.3, -0.25) is 0 Å². The summed E-state index contributed by atoms with van der Waals surface area (Å²) < 4.78 is 52.1. The second-order valence-corrected chi connectivity index (χ2v) is 9.94. The Morgan fingerprint density at radius 1 is 1.15 bits per heavy atom. The van der Waals surface area contributed by atoms with Gasteiger partial charge in [-0.15, -0.1) is 0 Å². The molecule has 2 saturated heterocycles. The number of aryl methyl sites for hydroxylation is 1. The number of likely N-dealkylation sites (tertiary alicyclic amines) is 1. The zero-order valence-electron chi connectivity index (χ0n) is 22.0. The Labute approximate surface area is 224 Å². The van der Waals surface area contributed by atoms with Gasteiger partial charge < -0.3 is 25.0 Å². The lowest BCUT2D eigenvalue weighted by Gasteiger charge is -2.35. The molecule has 0 unspecified atom stereocenters. The Kier molecular flexibility index (Phi) is 7.74. The van der Waals surface area contributed by atoms with Crippen molar-refractivity contribution >= 4 is 22.9 Å². The summed E-state index contributed by atoms with van der Waals surface area (Å²) in [6, 6.07) is 5.23. The number of halogens is 3. The molecule has 0 radical (unpaired) electrons. The largest absolute Gasteiger partial charge is 0.481 e. The number of rotatable bonds is 7. The zero-order valence-corrected chi connectivity index (χ0v) is 22.0. The van der Waals surface area contributed by atoms with Gasteiger partial charge in [-0.2, -0.15) is 4.98 Å². The number of fused-ring (bicyclic) bond motifs is 1. The maximum atomic E-state index is 14.8. The molecular weight excluding hydrogens is 513 g/mol. The highest BCUT2D eigenvalue weighted by Gasteiger charge is 2.30. The number of carbonyl (C=O) groups excluding carboxylic acids is 1. The fraction of sp³-hybridized carbons (Fsp3) is 0.481. The number of anilines is 1. The SMILES string of the molecule is COc1nc2nc(C)nc(N[C@H](C)c3cccc(C(F)F)c3F)c2cc1C1CCN(C(=O)NC2COC2)CC1. The minimum atomic E-state index is -2.91. The first-order chi connectivity index (χ1) is 18.7. The van der Waals surface area contributed by atoms with E-state index >= 15 is 0 Å². The van der Waals surface area contributed by atoms with Crippen LogP contribution in [0.3, 0.4) is 0 Å². The second-order valence-electron chi connectivity index (χ2n) is 9.94. The summed E-state index contributed by atoms with van der Waals surface area (Å²) in [6.07, 6.45) is -1.48. The summed E-state index contributed by atoms with van der Waals surface area (Å²) in [4.78, 5) is 28.0. The van der Waals surface area contributed by atoms with Gasteiger partial charge in [-0.05, 0) is 38.7 Å². The monoisotopic (exact) mass is 544 g/mol. The summed E-state index contributed by atoms with van der Waals surface area (Å²) in [7, 11) is 1.55. The van der Waals surface area contributed by atoms with E-state index in [4.69, 9.17) is 9.47 Å². The van der Waals surface area contributed by atoms with E-state index in [0.717, 1.165) is 24.5 Å². The summed E-state index contributed by atoms with van der Waals surface area (Å²) >= 11 is 0. The predicted molar refractivity (Wildman–Crippen MR) is 139 cm³/mol. The van der Waals surface area contributed by atoms with E-state index in [9.17, 15) is 18.0 Å².